The standard InChI is InChI=1S/C22H26N4O2S/c1-3-16(17-7-5-4-6-8-17)15-23-20(27)13-14-26-21(24-25-22(26)29)18-9-11-19(28-2)12-10-18/h4-12,16H,3,13-15H2,1-2H3,(H,23,27)(H,25,29). The first-order valence-electron chi connectivity index (χ1n) is 9.73. The number of hydrogen-bond acceptors (Lipinski definition) is 4. The van der Waals surface area contributed by atoms with Gasteiger partial charge in [0.2, 0.25) is 5.91 Å². The maximum atomic E-state index is 12.4. The summed E-state index contributed by atoms with van der Waals surface area (Å²) in [5, 5.41) is 10.2. The van der Waals surface area contributed by atoms with E-state index < -0.39 is 0 Å². The number of aromatic amines is 1. The van der Waals surface area contributed by atoms with Crippen LogP contribution in [0.5, 0.6) is 5.75 Å². The Balaban J connectivity index is 1.60. The van der Waals surface area contributed by atoms with Gasteiger partial charge in [-0.25, -0.2) is 0 Å². The summed E-state index contributed by atoms with van der Waals surface area (Å²) in [6.07, 6.45) is 1.31. The lowest BCUT2D eigenvalue weighted by atomic mass is 9.96. The zero-order valence-electron chi connectivity index (χ0n) is 16.7. The number of benzene rings is 2. The molecule has 0 spiro atoms. The number of ether oxygens (including phenoxy) is 1. The fourth-order valence-electron chi connectivity index (χ4n) is 3.25. The zero-order chi connectivity index (χ0) is 20.6. The van der Waals surface area contributed by atoms with Crippen molar-refractivity contribution < 1.29 is 9.53 Å². The highest BCUT2D eigenvalue weighted by Crippen LogP contribution is 2.21. The molecule has 2 N–H and O–H groups in total. The molecule has 7 heteroatoms. The minimum Gasteiger partial charge on any atom is -0.497 e. The Bertz CT molecular complexity index is 980. The topological polar surface area (TPSA) is 71.9 Å². The average Bonchev–Trinajstić information content (AvgIpc) is 3.13. The van der Waals surface area contributed by atoms with Crippen LogP contribution in [0.3, 0.4) is 0 Å². The van der Waals surface area contributed by atoms with E-state index in [9.17, 15) is 4.79 Å². The maximum absolute atomic E-state index is 12.4. The van der Waals surface area contributed by atoms with E-state index in [1.165, 1.54) is 5.56 Å². The molecular weight excluding hydrogens is 384 g/mol. The fourth-order valence-corrected chi connectivity index (χ4v) is 3.47. The van der Waals surface area contributed by atoms with Gasteiger partial charge in [0.1, 0.15) is 5.75 Å². The number of carbonyl (C=O) groups excluding carboxylic acids is 1. The number of rotatable bonds is 9. The van der Waals surface area contributed by atoms with Gasteiger partial charge in [0, 0.05) is 31.0 Å². The van der Waals surface area contributed by atoms with Crippen LogP contribution in [0, 0.1) is 4.77 Å². The molecule has 1 aromatic heterocycles. The van der Waals surface area contributed by atoms with Crippen molar-refractivity contribution in [3.8, 4) is 17.1 Å². The molecule has 152 valence electrons. The molecule has 3 aromatic rings. The highest BCUT2D eigenvalue weighted by molar-refractivity contribution is 7.71. The minimum atomic E-state index is 0.00293. The number of aromatic nitrogens is 3. The Hall–Kier alpha value is -2.93. The van der Waals surface area contributed by atoms with Gasteiger partial charge in [0.25, 0.3) is 0 Å². The highest BCUT2D eigenvalue weighted by atomic mass is 32.1. The van der Waals surface area contributed by atoms with Crippen LogP contribution in [0.1, 0.15) is 31.2 Å². The molecule has 3 rings (SSSR count). The van der Waals surface area contributed by atoms with Gasteiger partial charge in [-0.05, 0) is 48.5 Å². The summed E-state index contributed by atoms with van der Waals surface area (Å²) >= 11 is 5.35. The van der Waals surface area contributed by atoms with Crippen LogP contribution in [-0.4, -0.2) is 34.3 Å². The Morgan fingerprint density at radius 3 is 2.59 bits per heavy atom. The first-order chi connectivity index (χ1) is 14.1. The van der Waals surface area contributed by atoms with Crippen LogP contribution in [0.15, 0.2) is 54.6 Å². The molecule has 0 saturated heterocycles. The zero-order valence-corrected chi connectivity index (χ0v) is 17.5. The molecule has 0 aliphatic rings. The van der Waals surface area contributed by atoms with E-state index in [1.807, 2.05) is 47.0 Å². The van der Waals surface area contributed by atoms with Crippen molar-refractivity contribution in [3.05, 3.63) is 64.9 Å². The van der Waals surface area contributed by atoms with Crippen molar-refractivity contribution in [1.29, 1.82) is 0 Å². The lowest BCUT2D eigenvalue weighted by Crippen LogP contribution is -2.29. The van der Waals surface area contributed by atoms with E-state index in [0.29, 0.717) is 36.0 Å². The van der Waals surface area contributed by atoms with Gasteiger partial charge < -0.3 is 10.1 Å². The number of methoxy groups -OCH3 is 1. The molecule has 6 nitrogen and oxygen atoms in total. The van der Waals surface area contributed by atoms with Gasteiger partial charge in [0.05, 0.1) is 7.11 Å². The van der Waals surface area contributed by atoms with Gasteiger partial charge >= 0.3 is 0 Å². The normalized spacial score (nSPS) is 11.8. The summed E-state index contributed by atoms with van der Waals surface area (Å²) in [7, 11) is 1.63. The lowest BCUT2D eigenvalue weighted by molar-refractivity contribution is -0.121. The number of carbonyl (C=O) groups is 1. The van der Waals surface area contributed by atoms with Gasteiger partial charge in [-0.1, -0.05) is 37.3 Å². The number of hydrogen-bond donors (Lipinski definition) is 2. The molecule has 0 radical (unpaired) electrons. The summed E-state index contributed by atoms with van der Waals surface area (Å²) in [4.78, 5) is 12.4. The number of nitrogens with zero attached hydrogens (tertiary/aromatic N) is 2. The second-order valence-corrected chi connectivity index (χ2v) is 7.19. The van der Waals surface area contributed by atoms with Crippen LogP contribution in [0.2, 0.25) is 0 Å². The molecule has 1 amide bonds. The van der Waals surface area contributed by atoms with Gasteiger partial charge in [0.15, 0.2) is 10.6 Å². The van der Waals surface area contributed by atoms with E-state index in [4.69, 9.17) is 17.0 Å². The molecule has 0 fully saturated rings. The third-order valence-corrected chi connectivity index (χ3v) is 5.29. The van der Waals surface area contributed by atoms with Crippen LogP contribution in [-0.2, 0) is 11.3 Å². The predicted octanol–water partition coefficient (Wildman–Crippen LogP) is 4.32. The van der Waals surface area contributed by atoms with Crippen LogP contribution >= 0.6 is 12.2 Å². The second kappa shape index (κ2) is 10.0. The highest BCUT2D eigenvalue weighted by Gasteiger charge is 2.13. The van der Waals surface area contributed by atoms with E-state index >= 15 is 0 Å². The first kappa shape index (κ1) is 20.8. The Kier molecular flexibility index (Phi) is 7.19. The molecule has 29 heavy (non-hydrogen) atoms. The fraction of sp³-hybridized carbons (Fsp3) is 0.318. The summed E-state index contributed by atoms with van der Waals surface area (Å²) < 4.78 is 7.55. The first-order valence-corrected chi connectivity index (χ1v) is 10.1. The monoisotopic (exact) mass is 410 g/mol. The van der Waals surface area contributed by atoms with Crippen molar-refractivity contribution in [2.45, 2.75) is 32.2 Å². The third kappa shape index (κ3) is 5.32. The summed E-state index contributed by atoms with van der Waals surface area (Å²) in [6.45, 7) is 3.22. The van der Waals surface area contributed by atoms with Crippen molar-refractivity contribution in [2.24, 2.45) is 0 Å². The summed E-state index contributed by atoms with van der Waals surface area (Å²) in [6, 6.07) is 17.9. The number of amides is 1. The number of H-pyrrole nitrogens is 1. The van der Waals surface area contributed by atoms with Crippen LogP contribution < -0.4 is 10.1 Å². The summed E-state index contributed by atoms with van der Waals surface area (Å²) in [5.41, 5.74) is 2.16. The van der Waals surface area contributed by atoms with Gasteiger partial charge in [-0.2, -0.15) is 5.10 Å². The van der Waals surface area contributed by atoms with Crippen molar-refractivity contribution in [1.82, 2.24) is 20.1 Å². The molecular formula is C22H26N4O2S. The smallest absolute Gasteiger partial charge is 0.221 e. The molecule has 1 unspecified atom stereocenters. The van der Waals surface area contributed by atoms with E-state index in [1.54, 1.807) is 7.11 Å². The quantitative estimate of drug-likeness (QED) is 0.516. The van der Waals surface area contributed by atoms with Crippen molar-refractivity contribution in [3.63, 3.8) is 0 Å². The minimum absolute atomic E-state index is 0.00293. The Morgan fingerprint density at radius 2 is 1.93 bits per heavy atom. The van der Waals surface area contributed by atoms with Crippen molar-refractivity contribution in [2.75, 3.05) is 13.7 Å². The maximum Gasteiger partial charge on any atom is 0.221 e. The number of nitrogens with one attached hydrogen (secondary N) is 2. The van der Waals surface area contributed by atoms with Gasteiger partial charge in [-0.3, -0.25) is 14.5 Å². The van der Waals surface area contributed by atoms with Gasteiger partial charge in [-0.15, -0.1) is 0 Å². The second-order valence-electron chi connectivity index (χ2n) is 6.80. The third-order valence-electron chi connectivity index (χ3n) is 4.98. The molecule has 1 heterocycles. The largest absolute Gasteiger partial charge is 0.497 e. The van der Waals surface area contributed by atoms with E-state index in [-0.39, 0.29) is 5.91 Å². The van der Waals surface area contributed by atoms with E-state index in [2.05, 4.69) is 34.6 Å². The lowest BCUT2D eigenvalue weighted by Gasteiger charge is -2.16. The molecule has 2 aromatic carbocycles. The Morgan fingerprint density at radius 1 is 1.21 bits per heavy atom. The molecule has 0 aliphatic heterocycles. The SMILES string of the molecule is CCC(CNC(=O)CCn1c(-c2ccc(OC)cc2)n[nH]c1=S)c1ccccc1. The van der Waals surface area contributed by atoms with Crippen LogP contribution in [0.4, 0.5) is 0 Å². The predicted molar refractivity (Wildman–Crippen MR) is 117 cm³/mol. The van der Waals surface area contributed by atoms with Crippen molar-refractivity contribution >= 4 is 18.1 Å². The average molecular weight is 411 g/mol. The molecule has 0 bridgehead atoms. The summed E-state index contributed by atoms with van der Waals surface area (Å²) in [5.74, 6) is 1.80. The molecule has 0 aliphatic carbocycles. The molecule has 1 atom stereocenters. The molecule has 0 saturated carbocycles. The van der Waals surface area contributed by atoms with E-state index in [0.717, 1.165) is 17.7 Å². The van der Waals surface area contributed by atoms with Crippen LogP contribution in [0.25, 0.3) is 11.4 Å². The Labute approximate surface area is 175 Å².